The van der Waals surface area contributed by atoms with Crippen LogP contribution in [-0.2, 0) is 15.6 Å². The minimum absolute atomic E-state index is 0.0243. The molecule has 0 rings (SSSR count). The molecule has 2 nitrogen and oxygen atoms in total. The van der Waals surface area contributed by atoms with E-state index in [1.807, 2.05) is 20.8 Å². The van der Waals surface area contributed by atoms with Crippen LogP contribution in [0.4, 0.5) is 0 Å². The van der Waals surface area contributed by atoms with Crippen LogP contribution in [0.2, 0.25) is 0 Å². The fourth-order valence-corrected chi connectivity index (χ4v) is 1.42. The Bertz CT molecular complexity index is 167. The van der Waals surface area contributed by atoms with Crippen molar-refractivity contribution in [2.24, 2.45) is 5.41 Å². The van der Waals surface area contributed by atoms with E-state index >= 15 is 0 Å². The standard InChI is InChI=1S/C8H16O2S/c1-8(2,3)5-7(9)6-11(4)10/h5-6H2,1-4H3. The van der Waals surface area contributed by atoms with Gasteiger partial charge in [-0.3, -0.25) is 9.00 Å². The first kappa shape index (κ1) is 10.8. The summed E-state index contributed by atoms with van der Waals surface area (Å²) in [4.78, 5) is 11.1. The predicted octanol–water partition coefficient (Wildman–Crippen LogP) is 1.37. The number of carbonyl (C=O) groups is 1. The van der Waals surface area contributed by atoms with Gasteiger partial charge in [-0.15, -0.1) is 0 Å². The van der Waals surface area contributed by atoms with Gasteiger partial charge >= 0.3 is 0 Å². The molecule has 0 bridgehead atoms. The van der Waals surface area contributed by atoms with Crippen LogP contribution < -0.4 is 0 Å². The molecule has 0 aromatic carbocycles. The third kappa shape index (κ3) is 7.72. The minimum Gasteiger partial charge on any atom is -0.299 e. The smallest absolute Gasteiger partial charge is 0.145 e. The monoisotopic (exact) mass is 176 g/mol. The van der Waals surface area contributed by atoms with E-state index in [9.17, 15) is 9.00 Å². The van der Waals surface area contributed by atoms with Crippen LogP contribution in [0.1, 0.15) is 27.2 Å². The lowest BCUT2D eigenvalue weighted by atomic mass is 9.90. The van der Waals surface area contributed by atoms with Crippen LogP contribution in [0.15, 0.2) is 0 Å². The Kier molecular flexibility index (Phi) is 3.93. The highest BCUT2D eigenvalue weighted by Gasteiger charge is 2.16. The van der Waals surface area contributed by atoms with E-state index in [2.05, 4.69) is 0 Å². The molecular formula is C8H16O2S. The maximum absolute atomic E-state index is 11.1. The maximum atomic E-state index is 11.1. The summed E-state index contributed by atoms with van der Waals surface area (Å²) >= 11 is 0. The van der Waals surface area contributed by atoms with E-state index in [0.29, 0.717) is 6.42 Å². The van der Waals surface area contributed by atoms with Gasteiger partial charge in [0.05, 0.1) is 5.75 Å². The largest absolute Gasteiger partial charge is 0.299 e. The van der Waals surface area contributed by atoms with E-state index in [0.717, 1.165) is 0 Å². The Hall–Kier alpha value is -0.180. The molecule has 0 saturated heterocycles. The molecule has 1 atom stereocenters. The van der Waals surface area contributed by atoms with E-state index in [1.54, 1.807) is 6.26 Å². The van der Waals surface area contributed by atoms with Crippen molar-refractivity contribution in [2.75, 3.05) is 12.0 Å². The normalized spacial score (nSPS) is 14.5. The zero-order chi connectivity index (χ0) is 9.07. The van der Waals surface area contributed by atoms with E-state index < -0.39 is 10.8 Å². The molecule has 0 aliphatic rings. The molecule has 0 saturated carbocycles. The summed E-state index contributed by atoms with van der Waals surface area (Å²) in [5.74, 6) is 0.301. The Morgan fingerprint density at radius 3 is 2.09 bits per heavy atom. The molecule has 0 aliphatic heterocycles. The molecule has 0 N–H and O–H groups in total. The lowest BCUT2D eigenvalue weighted by Gasteiger charge is -2.15. The molecule has 0 heterocycles. The second kappa shape index (κ2) is 4.00. The van der Waals surface area contributed by atoms with Gasteiger partial charge in [0, 0.05) is 23.5 Å². The second-order valence-electron chi connectivity index (χ2n) is 3.99. The number of Topliss-reactive ketones (excluding diaryl/α,β-unsaturated/α-hetero) is 1. The zero-order valence-corrected chi connectivity index (χ0v) is 8.46. The highest BCUT2D eigenvalue weighted by molar-refractivity contribution is 7.85. The fourth-order valence-electron chi connectivity index (χ4n) is 0.869. The zero-order valence-electron chi connectivity index (χ0n) is 7.64. The summed E-state index contributed by atoms with van der Waals surface area (Å²) in [7, 11) is -0.980. The molecule has 0 spiro atoms. The third-order valence-corrected chi connectivity index (χ3v) is 1.82. The fraction of sp³-hybridized carbons (Fsp3) is 0.875. The van der Waals surface area contributed by atoms with Crippen LogP contribution >= 0.6 is 0 Å². The highest BCUT2D eigenvalue weighted by Crippen LogP contribution is 2.18. The molecule has 0 radical (unpaired) electrons. The van der Waals surface area contributed by atoms with Crippen LogP contribution in [-0.4, -0.2) is 22.0 Å². The molecule has 11 heavy (non-hydrogen) atoms. The summed E-state index contributed by atoms with van der Waals surface area (Å²) < 4.78 is 10.6. The van der Waals surface area contributed by atoms with Crippen LogP contribution in [0.25, 0.3) is 0 Å². The molecule has 0 aliphatic carbocycles. The van der Waals surface area contributed by atoms with Gasteiger partial charge < -0.3 is 0 Å². The Balaban J connectivity index is 3.80. The van der Waals surface area contributed by atoms with Gasteiger partial charge in [-0.25, -0.2) is 0 Å². The molecule has 0 aromatic rings. The number of rotatable bonds is 3. The van der Waals surface area contributed by atoms with Crippen molar-refractivity contribution in [1.82, 2.24) is 0 Å². The molecular weight excluding hydrogens is 160 g/mol. The number of carbonyl (C=O) groups excluding carboxylic acids is 1. The summed E-state index contributed by atoms with van der Waals surface area (Å²) in [5, 5.41) is 0. The first-order chi connectivity index (χ1) is 4.81. The number of hydrogen-bond donors (Lipinski definition) is 0. The number of hydrogen-bond acceptors (Lipinski definition) is 2. The van der Waals surface area contributed by atoms with Gasteiger partial charge in [-0.1, -0.05) is 20.8 Å². The predicted molar refractivity (Wildman–Crippen MR) is 48.0 cm³/mol. The summed E-state index contributed by atoms with van der Waals surface area (Å²) in [6.45, 7) is 6.01. The van der Waals surface area contributed by atoms with Crippen molar-refractivity contribution in [1.29, 1.82) is 0 Å². The molecule has 66 valence electrons. The average molecular weight is 176 g/mol. The van der Waals surface area contributed by atoms with Gasteiger partial charge in [0.1, 0.15) is 5.78 Å². The van der Waals surface area contributed by atoms with Gasteiger partial charge in [0.25, 0.3) is 0 Å². The molecule has 0 amide bonds. The van der Waals surface area contributed by atoms with Crippen molar-refractivity contribution in [2.45, 2.75) is 27.2 Å². The van der Waals surface area contributed by atoms with Gasteiger partial charge in [-0.05, 0) is 5.41 Å². The molecule has 0 fully saturated rings. The SMILES string of the molecule is CS(=O)CC(=O)CC(C)(C)C. The Morgan fingerprint density at radius 1 is 1.36 bits per heavy atom. The Morgan fingerprint density at radius 2 is 1.82 bits per heavy atom. The van der Waals surface area contributed by atoms with Crippen molar-refractivity contribution < 1.29 is 9.00 Å². The van der Waals surface area contributed by atoms with Gasteiger partial charge in [0.15, 0.2) is 0 Å². The van der Waals surface area contributed by atoms with E-state index in [-0.39, 0.29) is 17.0 Å². The van der Waals surface area contributed by atoms with Crippen LogP contribution in [0, 0.1) is 5.41 Å². The van der Waals surface area contributed by atoms with Crippen LogP contribution in [0.3, 0.4) is 0 Å². The van der Waals surface area contributed by atoms with Gasteiger partial charge in [0.2, 0.25) is 0 Å². The van der Waals surface area contributed by atoms with Crippen LogP contribution in [0.5, 0.6) is 0 Å². The van der Waals surface area contributed by atoms with E-state index in [1.165, 1.54) is 0 Å². The van der Waals surface area contributed by atoms with Gasteiger partial charge in [-0.2, -0.15) is 0 Å². The molecule has 1 unspecified atom stereocenters. The topological polar surface area (TPSA) is 34.1 Å². The van der Waals surface area contributed by atoms with Crippen molar-refractivity contribution >= 4 is 16.6 Å². The summed E-state index contributed by atoms with van der Waals surface area (Å²) in [6, 6.07) is 0. The molecule has 0 aromatic heterocycles. The van der Waals surface area contributed by atoms with Crippen molar-refractivity contribution in [3.8, 4) is 0 Å². The van der Waals surface area contributed by atoms with Crippen molar-refractivity contribution in [3.05, 3.63) is 0 Å². The Labute approximate surface area is 70.8 Å². The van der Waals surface area contributed by atoms with Crippen molar-refractivity contribution in [3.63, 3.8) is 0 Å². The summed E-state index contributed by atoms with van der Waals surface area (Å²) in [6.07, 6.45) is 2.08. The average Bonchev–Trinajstić information content (AvgIpc) is 1.53. The second-order valence-corrected chi connectivity index (χ2v) is 5.43. The highest BCUT2D eigenvalue weighted by atomic mass is 32.2. The maximum Gasteiger partial charge on any atom is 0.145 e. The first-order valence-electron chi connectivity index (χ1n) is 3.63. The lowest BCUT2D eigenvalue weighted by Crippen LogP contribution is -2.17. The van der Waals surface area contributed by atoms with E-state index in [4.69, 9.17) is 0 Å². The summed E-state index contributed by atoms with van der Waals surface area (Å²) in [5.41, 5.74) is 0.0243. The quantitative estimate of drug-likeness (QED) is 0.651. The first-order valence-corrected chi connectivity index (χ1v) is 5.36. The minimum atomic E-state index is -0.980. The lowest BCUT2D eigenvalue weighted by molar-refractivity contribution is -0.118. The third-order valence-electron chi connectivity index (χ3n) is 1.09. The molecule has 3 heteroatoms. The number of ketones is 1.